The van der Waals surface area contributed by atoms with Gasteiger partial charge in [-0.2, -0.15) is 4.98 Å². The van der Waals surface area contributed by atoms with Crippen molar-refractivity contribution in [3.8, 4) is 17.1 Å². The van der Waals surface area contributed by atoms with Crippen molar-refractivity contribution in [2.24, 2.45) is 0 Å². The standard InChI is InChI=1S/C18H13BrN4O3S/c1-27-18-21-16-14(22-23-18)12-8-11(19)6-7-13(12)20-15(26-16)9-2-4-10(5-3-9)17(24)25/h2-8,15,20H,1H3,(H,24,25). The van der Waals surface area contributed by atoms with Gasteiger partial charge in [0.1, 0.15) is 0 Å². The molecule has 0 spiro atoms. The first kappa shape index (κ1) is 17.7. The minimum atomic E-state index is -0.974. The summed E-state index contributed by atoms with van der Waals surface area (Å²) in [5.41, 5.74) is 3.16. The van der Waals surface area contributed by atoms with Gasteiger partial charge in [-0.25, -0.2) is 4.79 Å². The number of carboxylic acids is 1. The molecule has 0 amide bonds. The number of fused-ring (bicyclic) bond motifs is 3. The second kappa shape index (κ2) is 7.16. The number of nitrogens with one attached hydrogen (secondary N) is 1. The molecule has 1 aromatic heterocycles. The third-order valence-electron chi connectivity index (χ3n) is 4.03. The Labute approximate surface area is 167 Å². The van der Waals surface area contributed by atoms with Gasteiger partial charge in [0.25, 0.3) is 0 Å². The maximum absolute atomic E-state index is 11.1. The quantitative estimate of drug-likeness (QED) is 0.579. The Kier molecular flexibility index (Phi) is 4.71. The van der Waals surface area contributed by atoms with Crippen LogP contribution in [0.3, 0.4) is 0 Å². The number of carbonyl (C=O) groups is 1. The molecule has 0 aliphatic carbocycles. The highest BCUT2D eigenvalue weighted by molar-refractivity contribution is 9.10. The topological polar surface area (TPSA) is 97.2 Å². The van der Waals surface area contributed by atoms with Crippen LogP contribution >= 0.6 is 27.7 Å². The number of hydrogen-bond acceptors (Lipinski definition) is 7. The average Bonchev–Trinajstić information content (AvgIpc) is 2.84. The predicted molar refractivity (Wildman–Crippen MR) is 105 cm³/mol. The molecule has 1 aliphatic heterocycles. The first-order valence-corrected chi connectivity index (χ1v) is 9.92. The van der Waals surface area contributed by atoms with Crippen LogP contribution in [0.4, 0.5) is 5.69 Å². The Balaban J connectivity index is 1.82. The van der Waals surface area contributed by atoms with Crippen molar-refractivity contribution < 1.29 is 14.6 Å². The van der Waals surface area contributed by atoms with Gasteiger partial charge in [-0.05, 0) is 36.6 Å². The second-order valence-electron chi connectivity index (χ2n) is 5.71. The van der Waals surface area contributed by atoms with Crippen LogP contribution in [0.15, 0.2) is 52.1 Å². The van der Waals surface area contributed by atoms with Gasteiger partial charge in [-0.3, -0.25) is 0 Å². The molecule has 2 heterocycles. The molecular formula is C18H13BrN4O3S. The lowest BCUT2D eigenvalue weighted by atomic mass is 10.1. The molecule has 2 N–H and O–H groups in total. The summed E-state index contributed by atoms with van der Waals surface area (Å²) in [4.78, 5) is 15.6. The number of halogens is 1. The highest BCUT2D eigenvalue weighted by Gasteiger charge is 2.26. The molecule has 1 unspecified atom stereocenters. The summed E-state index contributed by atoms with van der Waals surface area (Å²) in [6, 6.07) is 12.3. The third kappa shape index (κ3) is 3.47. The van der Waals surface area contributed by atoms with Crippen molar-refractivity contribution >= 4 is 39.3 Å². The Hall–Kier alpha value is -2.65. The Morgan fingerprint density at radius 2 is 2.00 bits per heavy atom. The smallest absolute Gasteiger partial charge is 0.335 e. The zero-order chi connectivity index (χ0) is 19.0. The monoisotopic (exact) mass is 444 g/mol. The van der Waals surface area contributed by atoms with Gasteiger partial charge in [0.2, 0.25) is 11.0 Å². The first-order chi connectivity index (χ1) is 13.0. The van der Waals surface area contributed by atoms with E-state index in [4.69, 9.17) is 9.84 Å². The summed E-state index contributed by atoms with van der Waals surface area (Å²) in [7, 11) is 0. The van der Waals surface area contributed by atoms with Gasteiger partial charge in [0.15, 0.2) is 11.9 Å². The Bertz CT molecular complexity index is 1030. The van der Waals surface area contributed by atoms with E-state index in [0.29, 0.717) is 16.7 Å². The number of aromatic nitrogens is 3. The zero-order valence-electron chi connectivity index (χ0n) is 14.0. The number of rotatable bonds is 3. The lowest BCUT2D eigenvalue weighted by molar-refractivity contribution is 0.0696. The highest BCUT2D eigenvalue weighted by Crippen LogP contribution is 2.40. The fourth-order valence-electron chi connectivity index (χ4n) is 2.71. The molecule has 7 nitrogen and oxygen atoms in total. The van der Waals surface area contributed by atoms with Gasteiger partial charge >= 0.3 is 5.97 Å². The molecule has 4 rings (SSSR count). The van der Waals surface area contributed by atoms with E-state index in [1.165, 1.54) is 11.8 Å². The predicted octanol–water partition coefficient (Wildman–Crippen LogP) is 4.22. The molecule has 1 atom stereocenters. The van der Waals surface area contributed by atoms with E-state index in [9.17, 15) is 4.79 Å². The van der Waals surface area contributed by atoms with Crippen LogP contribution in [0, 0.1) is 0 Å². The zero-order valence-corrected chi connectivity index (χ0v) is 16.4. The van der Waals surface area contributed by atoms with Crippen LogP contribution in [-0.2, 0) is 0 Å². The number of aromatic carboxylic acids is 1. The highest BCUT2D eigenvalue weighted by atomic mass is 79.9. The molecule has 0 saturated carbocycles. The maximum Gasteiger partial charge on any atom is 0.335 e. The van der Waals surface area contributed by atoms with Crippen LogP contribution in [0.2, 0.25) is 0 Å². The van der Waals surface area contributed by atoms with Crippen LogP contribution < -0.4 is 10.1 Å². The molecule has 0 bridgehead atoms. The van der Waals surface area contributed by atoms with Crippen molar-refractivity contribution in [3.05, 3.63) is 58.1 Å². The van der Waals surface area contributed by atoms with Gasteiger partial charge < -0.3 is 15.2 Å². The molecule has 1 aliphatic rings. The number of benzene rings is 2. The number of nitrogens with zero attached hydrogens (tertiary/aromatic N) is 3. The van der Waals surface area contributed by atoms with Crippen LogP contribution in [0.25, 0.3) is 11.3 Å². The molecule has 2 aromatic carbocycles. The minimum Gasteiger partial charge on any atom is -0.478 e. The molecular weight excluding hydrogens is 432 g/mol. The Morgan fingerprint density at radius 3 is 2.70 bits per heavy atom. The fourth-order valence-corrected chi connectivity index (χ4v) is 3.37. The van der Waals surface area contributed by atoms with Crippen molar-refractivity contribution in [2.75, 3.05) is 11.6 Å². The normalized spacial score (nSPS) is 15.0. The van der Waals surface area contributed by atoms with E-state index >= 15 is 0 Å². The van der Waals surface area contributed by atoms with Crippen molar-refractivity contribution in [1.29, 1.82) is 0 Å². The molecule has 27 heavy (non-hydrogen) atoms. The van der Waals surface area contributed by atoms with E-state index in [0.717, 1.165) is 21.3 Å². The Morgan fingerprint density at radius 1 is 1.22 bits per heavy atom. The molecule has 0 fully saturated rings. The SMILES string of the molecule is CSc1nnc2c(n1)OC(c1ccc(C(=O)O)cc1)Nc1ccc(Br)cc1-2. The summed E-state index contributed by atoms with van der Waals surface area (Å²) >= 11 is 4.86. The lowest BCUT2D eigenvalue weighted by Crippen LogP contribution is -2.17. The molecule has 0 saturated heterocycles. The first-order valence-electron chi connectivity index (χ1n) is 7.90. The number of anilines is 1. The van der Waals surface area contributed by atoms with E-state index in [2.05, 4.69) is 36.4 Å². The van der Waals surface area contributed by atoms with Crippen LogP contribution in [-0.4, -0.2) is 32.5 Å². The van der Waals surface area contributed by atoms with E-state index in [1.54, 1.807) is 24.3 Å². The molecule has 136 valence electrons. The van der Waals surface area contributed by atoms with Gasteiger partial charge in [-0.1, -0.05) is 39.8 Å². The van der Waals surface area contributed by atoms with Crippen LogP contribution in [0.1, 0.15) is 22.1 Å². The third-order valence-corrected chi connectivity index (χ3v) is 5.06. The van der Waals surface area contributed by atoms with Crippen molar-refractivity contribution in [3.63, 3.8) is 0 Å². The second-order valence-corrected chi connectivity index (χ2v) is 7.40. The average molecular weight is 445 g/mol. The van der Waals surface area contributed by atoms with E-state index < -0.39 is 12.2 Å². The molecule has 9 heteroatoms. The lowest BCUT2D eigenvalue weighted by Gasteiger charge is -2.19. The molecule has 3 aromatic rings. The number of carboxylic acid groups (broad SMARTS) is 1. The fraction of sp³-hybridized carbons (Fsp3) is 0.111. The van der Waals surface area contributed by atoms with Gasteiger partial charge in [0.05, 0.1) is 5.56 Å². The van der Waals surface area contributed by atoms with E-state index in [-0.39, 0.29) is 5.56 Å². The van der Waals surface area contributed by atoms with Crippen molar-refractivity contribution in [2.45, 2.75) is 11.4 Å². The van der Waals surface area contributed by atoms with Crippen molar-refractivity contribution in [1.82, 2.24) is 15.2 Å². The van der Waals surface area contributed by atoms with Crippen LogP contribution in [0.5, 0.6) is 5.88 Å². The number of hydrogen-bond donors (Lipinski definition) is 2. The summed E-state index contributed by atoms with van der Waals surface area (Å²) in [6.07, 6.45) is 1.31. The van der Waals surface area contributed by atoms with E-state index in [1.807, 2.05) is 24.5 Å². The minimum absolute atomic E-state index is 0.214. The summed E-state index contributed by atoms with van der Waals surface area (Å²) in [5.74, 6) is -0.607. The van der Waals surface area contributed by atoms with Gasteiger partial charge in [0, 0.05) is 21.3 Å². The summed E-state index contributed by atoms with van der Waals surface area (Å²) in [6.45, 7) is 0. The summed E-state index contributed by atoms with van der Waals surface area (Å²) in [5, 5.41) is 21.4. The number of thioether (sulfide) groups is 1. The number of ether oxygens (including phenoxy) is 1. The largest absolute Gasteiger partial charge is 0.478 e. The summed E-state index contributed by atoms with van der Waals surface area (Å²) < 4.78 is 7.00. The van der Waals surface area contributed by atoms with Gasteiger partial charge in [-0.15, -0.1) is 10.2 Å². The molecule has 0 radical (unpaired) electrons. The maximum atomic E-state index is 11.1.